The molecule has 1 N–H and O–H groups in total. The predicted octanol–water partition coefficient (Wildman–Crippen LogP) is 2.77. The van der Waals surface area contributed by atoms with Gasteiger partial charge in [-0.05, 0) is 0 Å². The third-order valence-corrected chi connectivity index (χ3v) is 3.59. The summed E-state index contributed by atoms with van der Waals surface area (Å²) < 4.78 is 5.20. The maximum Gasteiger partial charge on any atom is 0.273 e. The van der Waals surface area contributed by atoms with E-state index in [9.17, 15) is 4.79 Å². The topological polar surface area (TPSA) is 68.0 Å². The van der Waals surface area contributed by atoms with Crippen LogP contribution >= 0.6 is 11.3 Å². The van der Waals surface area contributed by atoms with E-state index in [0.29, 0.717) is 18.7 Å². The highest BCUT2D eigenvalue weighted by Gasteiger charge is 2.13. The Bertz CT molecular complexity index is 708. The monoisotopic (exact) mass is 299 g/mol. The molecule has 0 radical (unpaired) electrons. The summed E-state index contributed by atoms with van der Waals surface area (Å²) in [7, 11) is 0. The van der Waals surface area contributed by atoms with Gasteiger partial charge in [-0.15, -0.1) is 11.3 Å². The number of nitrogens with one attached hydrogen (secondary N) is 1. The Hall–Kier alpha value is -2.47. The molecule has 0 aliphatic carbocycles. The van der Waals surface area contributed by atoms with Gasteiger partial charge in [-0.3, -0.25) is 4.79 Å². The second-order valence-electron chi connectivity index (χ2n) is 4.43. The summed E-state index contributed by atoms with van der Waals surface area (Å²) in [5.74, 6) is 0.344. The molecule has 0 unspecified atom stereocenters. The zero-order valence-corrected chi connectivity index (χ0v) is 12.0. The van der Waals surface area contributed by atoms with Gasteiger partial charge in [0.1, 0.15) is 0 Å². The first-order chi connectivity index (χ1) is 10.3. The second-order valence-corrected chi connectivity index (χ2v) is 5.15. The second kappa shape index (κ2) is 6.32. The Morgan fingerprint density at radius 1 is 1.29 bits per heavy atom. The van der Waals surface area contributed by atoms with Gasteiger partial charge in [0.15, 0.2) is 11.5 Å². The Balaban J connectivity index is 1.59. The molecule has 6 heteroatoms. The lowest BCUT2D eigenvalue weighted by Crippen LogP contribution is -2.25. The minimum atomic E-state index is -0.240. The van der Waals surface area contributed by atoms with Crippen molar-refractivity contribution in [3.63, 3.8) is 0 Å². The van der Waals surface area contributed by atoms with Gasteiger partial charge in [-0.2, -0.15) is 0 Å². The third kappa shape index (κ3) is 3.35. The van der Waals surface area contributed by atoms with E-state index < -0.39 is 0 Å². The van der Waals surface area contributed by atoms with Crippen LogP contribution in [-0.2, 0) is 6.42 Å². The zero-order valence-electron chi connectivity index (χ0n) is 11.2. The maximum absolute atomic E-state index is 12.0. The molecule has 2 heterocycles. The number of nitrogens with zero attached hydrogens (tertiary/aromatic N) is 2. The Labute approximate surface area is 125 Å². The van der Waals surface area contributed by atoms with Crippen LogP contribution < -0.4 is 5.32 Å². The molecule has 0 atom stereocenters. The number of rotatable bonds is 5. The molecular formula is C15H13N3O2S. The van der Waals surface area contributed by atoms with Crippen molar-refractivity contribution in [2.24, 2.45) is 0 Å². The first kappa shape index (κ1) is 13.5. The van der Waals surface area contributed by atoms with Gasteiger partial charge in [0, 0.05) is 30.0 Å². The zero-order chi connectivity index (χ0) is 14.5. The molecular weight excluding hydrogens is 286 g/mol. The van der Waals surface area contributed by atoms with Crippen LogP contribution in [0.5, 0.6) is 0 Å². The van der Waals surface area contributed by atoms with E-state index in [0.717, 1.165) is 11.3 Å². The number of carbonyl (C=O) groups excluding carboxylic acids is 1. The highest BCUT2D eigenvalue weighted by atomic mass is 32.1. The number of benzene rings is 1. The molecule has 3 rings (SSSR count). The smallest absolute Gasteiger partial charge is 0.273 e. The van der Waals surface area contributed by atoms with Gasteiger partial charge in [0.2, 0.25) is 0 Å². The van der Waals surface area contributed by atoms with Gasteiger partial charge in [-0.1, -0.05) is 35.5 Å². The van der Waals surface area contributed by atoms with Crippen molar-refractivity contribution in [2.75, 3.05) is 6.54 Å². The fraction of sp³-hybridized carbons (Fsp3) is 0.133. The molecule has 1 amide bonds. The van der Waals surface area contributed by atoms with Crippen LogP contribution in [0.25, 0.3) is 11.3 Å². The SMILES string of the molecule is O=C(NCCc1cscn1)c1cc(-c2ccccc2)on1. The largest absolute Gasteiger partial charge is 0.355 e. The highest BCUT2D eigenvalue weighted by Crippen LogP contribution is 2.19. The Morgan fingerprint density at radius 3 is 2.90 bits per heavy atom. The van der Waals surface area contributed by atoms with E-state index in [-0.39, 0.29) is 11.6 Å². The summed E-state index contributed by atoms with van der Waals surface area (Å²) in [5.41, 5.74) is 3.94. The molecule has 5 nitrogen and oxygen atoms in total. The van der Waals surface area contributed by atoms with E-state index in [4.69, 9.17) is 4.52 Å². The molecule has 0 spiro atoms. The van der Waals surface area contributed by atoms with Crippen molar-refractivity contribution >= 4 is 17.2 Å². The van der Waals surface area contributed by atoms with Crippen LogP contribution in [0.1, 0.15) is 16.2 Å². The molecule has 0 saturated heterocycles. The van der Waals surface area contributed by atoms with Crippen LogP contribution in [0.4, 0.5) is 0 Å². The van der Waals surface area contributed by atoms with Gasteiger partial charge >= 0.3 is 0 Å². The van der Waals surface area contributed by atoms with Gasteiger partial charge in [0.25, 0.3) is 5.91 Å². The quantitative estimate of drug-likeness (QED) is 0.786. The first-order valence-corrected chi connectivity index (χ1v) is 7.44. The normalized spacial score (nSPS) is 10.5. The lowest BCUT2D eigenvalue weighted by Gasteiger charge is -2.00. The third-order valence-electron chi connectivity index (χ3n) is 2.95. The summed E-state index contributed by atoms with van der Waals surface area (Å²) in [6, 6.07) is 11.2. The van der Waals surface area contributed by atoms with Crippen molar-refractivity contribution in [3.8, 4) is 11.3 Å². The maximum atomic E-state index is 12.0. The van der Waals surface area contributed by atoms with Crippen LogP contribution in [0.2, 0.25) is 0 Å². The van der Waals surface area contributed by atoms with Gasteiger partial charge in [-0.25, -0.2) is 4.98 Å². The number of carbonyl (C=O) groups is 1. The molecule has 0 bridgehead atoms. The summed E-state index contributed by atoms with van der Waals surface area (Å²) in [6.07, 6.45) is 0.707. The van der Waals surface area contributed by atoms with Crippen molar-refractivity contribution in [2.45, 2.75) is 6.42 Å². The molecule has 0 fully saturated rings. The number of thiazole rings is 1. The summed E-state index contributed by atoms with van der Waals surface area (Å²) in [6.45, 7) is 0.524. The van der Waals surface area contributed by atoms with E-state index in [1.807, 2.05) is 35.7 Å². The molecule has 0 aliphatic heterocycles. The van der Waals surface area contributed by atoms with E-state index in [1.165, 1.54) is 0 Å². The molecule has 21 heavy (non-hydrogen) atoms. The minimum absolute atomic E-state index is 0.240. The first-order valence-electron chi connectivity index (χ1n) is 6.50. The average Bonchev–Trinajstić information content (AvgIpc) is 3.20. The average molecular weight is 299 g/mol. The van der Waals surface area contributed by atoms with Crippen LogP contribution in [0.15, 0.2) is 51.8 Å². The van der Waals surface area contributed by atoms with E-state index in [2.05, 4.69) is 15.5 Å². The lowest BCUT2D eigenvalue weighted by molar-refractivity contribution is 0.0945. The van der Waals surface area contributed by atoms with Crippen LogP contribution in [-0.4, -0.2) is 22.6 Å². The summed E-state index contributed by atoms with van der Waals surface area (Å²) >= 11 is 1.54. The van der Waals surface area contributed by atoms with Crippen molar-refractivity contribution in [1.82, 2.24) is 15.5 Å². The van der Waals surface area contributed by atoms with Crippen molar-refractivity contribution in [3.05, 3.63) is 58.7 Å². The van der Waals surface area contributed by atoms with E-state index >= 15 is 0 Å². The fourth-order valence-electron chi connectivity index (χ4n) is 1.88. The minimum Gasteiger partial charge on any atom is -0.355 e. The van der Waals surface area contributed by atoms with Crippen LogP contribution in [0, 0.1) is 0 Å². The van der Waals surface area contributed by atoms with E-state index in [1.54, 1.807) is 22.9 Å². The standard InChI is InChI=1S/C15H13N3O2S/c19-15(16-7-6-12-9-21-10-17-12)13-8-14(20-18-13)11-4-2-1-3-5-11/h1-5,8-10H,6-7H2,(H,16,19). The lowest BCUT2D eigenvalue weighted by atomic mass is 10.1. The molecule has 106 valence electrons. The fourth-order valence-corrected chi connectivity index (χ4v) is 2.47. The molecule has 1 aromatic carbocycles. The Morgan fingerprint density at radius 2 is 2.14 bits per heavy atom. The number of hydrogen-bond donors (Lipinski definition) is 1. The Kier molecular flexibility index (Phi) is 4.07. The molecule has 0 aliphatic rings. The van der Waals surface area contributed by atoms with Crippen LogP contribution in [0.3, 0.4) is 0 Å². The van der Waals surface area contributed by atoms with Gasteiger partial charge < -0.3 is 9.84 Å². The number of aromatic nitrogens is 2. The number of hydrogen-bond acceptors (Lipinski definition) is 5. The molecule has 0 saturated carbocycles. The summed E-state index contributed by atoms with van der Waals surface area (Å²) in [5, 5.41) is 8.58. The van der Waals surface area contributed by atoms with Crippen molar-refractivity contribution in [1.29, 1.82) is 0 Å². The van der Waals surface area contributed by atoms with Crippen molar-refractivity contribution < 1.29 is 9.32 Å². The summed E-state index contributed by atoms with van der Waals surface area (Å²) in [4.78, 5) is 16.1. The molecule has 2 aromatic heterocycles. The molecule has 3 aromatic rings. The predicted molar refractivity (Wildman–Crippen MR) is 80.1 cm³/mol. The highest BCUT2D eigenvalue weighted by molar-refractivity contribution is 7.07. The van der Waals surface area contributed by atoms with Gasteiger partial charge in [0.05, 0.1) is 11.2 Å². The number of amides is 1.